The van der Waals surface area contributed by atoms with E-state index < -0.39 is 5.60 Å². The molecule has 0 radical (unpaired) electrons. The third-order valence-electron chi connectivity index (χ3n) is 8.15. The van der Waals surface area contributed by atoms with E-state index >= 15 is 0 Å². The lowest BCUT2D eigenvalue weighted by molar-refractivity contribution is -0.0493. The van der Waals surface area contributed by atoms with Crippen molar-refractivity contribution in [2.24, 2.45) is 5.41 Å². The Kier molecular flexibility index (Phi) is 5.62. The Balaban J connectivity index is 1.49. The molecule has 5 rings (SSSR count). The predicted octanol–water partition coefficient (Wildman–Crippen LogP) is 5.25. The van der Waals surface area contributed by atoms with Crippen LogP contribution in [0.25, 0.3) is 10.4 Å². The maximum atomic E-state index is 12.9. The average Bonchev–Trinajstić information content (AvgIpc) is 3.37. The number of nitrogens with one attached hydrogen (secondary N) is 2. The van der Waals surface area contributed by atoms with Gasteiger partial charge in [-0.25, -0.2) is 4.98 Å². The van der Waals surface area contributed by atoms with Crippen molar-refractivity contribution in [1.82, 2.24) is 14.9 Å². The number of aliphatic hydroxyl groups is 1. The first-order chi connectivity index (χ1) is 16.2. The van der Waals surface area contributed by atoms with E-state index in [1.54, 1.807) is 0 Å². The van der Waals surface area contributed by atoms with Crippen molar-refractivity contribution >= 4 is 23.0 Å². The van der Waals surface area contributed by atoms with Crippen LogP contribution in [0.3, 0.4) is 0 Å². The Bertz CT molecular complexity index is 1170. The second-order valence-electron chi connectivity index (χ2n) is 11.0. The van der Waals surface area contributed by atoms with Gasteiger partial charge in [0, 0.05) is 23.3 Å². The van der Waals surface area contributed by atoms with Gasteiger partial charge in [0.15, 0.2) is 0 Å². The number of piperidine rings is 1. The topological polar surface area (TPSA) is 85.6 Å². The molecule has 1 aromatic carbocycles. The lowest BCUT2D eigenvalue weighted by Gasteiger charge is -2.42. The summed E-state index contributed by atoms with van der Waals surface area (Å²) in [6.07, 6.45) is 10.4. The summed E-state index contributed by atoms with van der Waals surface area (Å²) in [6.45, 7) is 11.7. The highest BCUT2D eigenvalue weighted by Crippen LogP contribution is 2.47. The van der Waals surface area contributed by atoms with Gasteiger partial charge in [-0.05, 0) is 80.7 Å². The summed E-state index contributed by atoms with van der Waals surface area (Å²) in [5, 5.41) is 14.7. The molecule has 2 atom stereocenters. The lowest BCUT2D eigenvalue weighted by atomic mass is 9.75. The van der Waals surface area contributed by atoms with Gasteiger partial charge in [-0.1, -0.05) is 32.6 Å². The fourth-order valence-electron chi connectivity index (χ4n) is 5.88. The number of anilines is 1. The fourth-order valence-corrected chi connectivity index (χ4v) is 5.88. The summed E-state index contributed by atoms with van der Waals surface area (Å²) < 4.78 is 0. The number of fused-ring (bicyclic) bond motifs is 2. The van der Waals surface area contributed by atoms with Crippen molar-refractivity contribution in [3.05, 3.63) is 58.8 Å². The number of imidazole rings is 1. The molecule has 34 heavy (non-hydrogen) atoms. The number of allylic oxidation sites excluding steroid dienone is 2. The molecule has 0 saturated carbocycles. The van der Waals surface area contributed by atoms with Gasteiger partial charge in [-0.15, -0.1) is 0 Å². The number of nitrogens with zero attached hydrogens (tertiary/aromatic N) is 3. The number of aromatic amines is 1. The Morgan fingerprint density at radius 2 is 2.03 bits per heavy atom. The van der Waals surface area contributed by atoms with E-state index in [9.17, 15) is 9.90 Å². The maximum absolute atomic E-state index is 12.9. The van der Waals surface area contributed by atoms with Gasteiger partial charge in [-0.2, -0.15) is 0 Å². The predicted molar refractivity (Wildman–Crippen MR) is 133 cm³/mol. The molecule has 3 N–H and O–H groups in total. The van der Waals surface area contributed by atoms with Crippen molar-refractivity contribution in [1.29, 1.82) is 0 Å². The standard InChI is InChI=1S/C27H33N5O2/c1-26(2)11-9-17(10-12-26)21-13-18(27(34)14-19-6-7-20(15-27)32(19)4)5-8-22(21)30-25(33)24-29-16-23(28-3)31-24/h5,8-9,13,16,19-20,34H,6-7,10-12,14-15H2,1-2,4H3,(H,29,31)(H,30,33). The summed E-state index contributed by atoms with van der Waals surface area (Å²) in [6, 6.07) is 6.80. The number of amides is 1. The van der Waals surface area contributed by atoms with Gasteiger partial charge in [0.05, 0.1) is 11.8 Å². The molecule has 2 aliphatic heterocycles. The van der Waals surface area contributed by atoms with Crippen LogP contribution < -0.4 is 5.32 Å². The molecule has 2 aromatic rings. The van der Waals surface area contributed by atoms with Crippen LogP contribution in [-0.2, 0) is 5.60 Å². The van der Waals surface area contributed by atoms with E-state index in [4.69, 9.17) is 6.57 Å². The largest absolute Gasteiger partial charge is 0.385 e. The summed E-state index contributed by atoms with van der Waals surface area (Å²) in [5.74, 6) is -0.0287. The normalized spacial score (nSPS) is 28.3. The van der Waals surface area contributed by atoms with Crippen molar-refractivity contribution in [3.8, 4) is 0 Å². The Morgan fingerprint density at radius 1 is 1.29 bits per heavy atom. The third-order valence-corrected chi connectivity index (χ3v) is 8.15. The molecule has 3 aliphatic rings. The van der Waals surface area contributed by atoms with Crippen molar-refractivity contribution < 1.29 is 9.90 Å². The minimum atomic E-state index is -0.852. The minimum absolute atomic E-state index is 0.116. The van der Waals surface area contributed by atoms with Gasteiger partial charge < -0.3 is 20.2 Å². The molecule has 3 heterocycles. The van der Waals surface area contributed by atoms with Crippen LogP contribution in [0, 0.1) is 12.0 Å². The molecule has 2 unspecified atom stereocenters. The molecule has 2 fully saturated rings. The van der Waals surface area contributed by atoms with Crippen LogP contribution in [0.4, 0.5) is 11.5 Å². The highest BCUT2D eigenvalue weighted by molar-refractivity contribution is 6.03. The number of carbonyl (C=O) groups is 1. The van der Waals surface area contributed by atoms with E-state index in [1.165, 1.54) is 11.8 Å². The molecule has 1 amide bonds. The first-order valence-corrected chi connectivity index (χ1v) is 12.2. The average molecular weight is 460 g/mol. The number of hydrogen-bond donors (Lipinski definition) is 3. The van der Waals surface area contributed by atoms with E-state index in [0.717, 1.165) is 56.1 Å². The molecule has 2 saturated heterocycles. The third kappa shape index (κ3) is 4.17. The van der Waals surface area contributed by atoms with Crippen molar-refractivity contribution in [3.63, 3.8) is 0 Å². The zero-order valence-electron chi connectivity index (χ0n) is 20.2. The molecule has 1 aromatic heterocycles. The molecule has 1 aliphatic carbocycles. The second kappa shape index (κ2) is 8.37. The summed E-state index contributed by atoms with van der Waals surface area (Å²) >= 11 is 0. The molecule has 2 bridgehead atoms. The first kappa shape index (κ1) is 22.8. The SMILES string of the molecule is [C-]#[N+]c1cnc(C(=O)Nc2ccc(C3(O)CC4CCC(C3)N4C)cc2C2=CCC(C)(C)CC2)[nH]1. The zero-order chi connectivity index (χ0) is 24.1. The molecule has 7 heteroatoms. The molecular weight excluding hydrogens is 426 g/mol. The van der Waals surface area contributed by atoms with Gasteiger partial charge in [-0.3, -0.25) is 9.78 Å². The number of hydrogen-bond acceptors (Lipinski definition) is 4. The monoisotopic (exact) mass is 459 g/mol. The van der Waals surface area contributed by atoms with Gasteiger partial charge >= 0.3 is 5.91 Å². The second-order valence-corrected chi connectivity index (χ2v) is 11.0. The minimum Gasteiger partial charge on any atom is -0.385 e. The van der Waals surface area contributed by atoms with E-state index in [-0.39, 0.29) is 23.0 Å². The summed E-state index contributed by atoms with van der Waals surface area (Å²) in [7, 11) is 2.18. The van der Waals surface area contributed by atoms with Crippen LogP contribution in [0.5, 0.6) is 0 Å². The zero-order valence-corrected chi connectivity index (χ0v) is 20.2. The summed E-state index contributed by atoms with van der Waals surface area (Å²) in [4.78, 5) is 25.4. The number of H-pyrrole nitrogens is 1. The highest BCUT2D eigenvalue weighted by atomic mass is 16.3. The lowest BCUT2D eigenvalue weighted by Crippen LogP contribution is -2.47. The van der Waals surface area contributed by atoms with Crippen molar-refractivity contribution in [2.45, 2.75) is 76.5 Å². The number of aromatic nitrogens is 2. The maximum Gasteiger partial charge on any atom is 0.314 e. The van der Waals surface area contributed by atoms with E-state index in [1.807, 2.05) is 12.1 Å². The van der Waals surface area contributed by atoms with Gasteiger partial charge in [0.1, 0.15) is 0 Å². The summed E-state index contributed by atoms with van der Waals surface area (Å²) in [5.41, 5.74) is 3.23. The quantitative estimate of drug-likeness (QED) is 0.545. The Morgan fingerprint density at radius 3 is 2.65 bits per heavy atom. The van der Waals surface area contributed by atoms with E-state index in [0.29, 0.717) is 17.8 Å². The van der Waals surface area contributed by atoms with Crippen LogP contribution in [0.1, 0.15) is 80.5 Å². The first-order valence-electron chi connectivity index (χ1n) is 12.2. The Hall–Kier alpha value is -2.95. The van der Waals surface area contributed by atoms with Gasteiger partial charge in [0.2, 0.25) is 5.82 Å². The highest BCUT2D eigenvalue weighted by Gasteiger charge is 2.47. The van der Waals surface area contributed by atoms with E-state index in [2.05, 4.69) is 58.1 Å². The van der Waals surface area contributed by atoms with Crippen molar-refractivity contribution in [2.75, 3.05) is 12.4 Å². The number of benzene rings is 1. The molecule has 0 spiro atoms. The smallest absolute Gasteiger partial charge is 0.314 e. The van der Waals surface area contributed by atoms with Gasteiger partial charge in [0.25, 0.3) is 5.82 Å². The fraction of sp³-hybridized carbons (Fsp3) is 0.519. The van der Waals surface area contributed by atoms with Crippen LogP contribution >= 0.6 is 0 Å². The number of rotatable bonds is 4. The molecule has 7 nitrogen and oxygen atoms in total. The number of carbonyl (C=O) groups excluding carboxylic acids is 1. The van der Waals surface area contributed by atoms with Crippen LogP contribution in [0.15, 0.2) is 30.5 Å². The Labute approximate surface area is 201 Å². The molecular formula is C27H33N5O2. The van der Waals surface area contributed by atoms with Crippen LogP contribution in [0.2, 0.25) is 0 Å². The van der Waals surface area contributed by atoms with Crippen LogP contribution in [-0.4, -0.2) is 45.0 Å². The molecule has 178 valence electrons.